The molecule has 1 aromatic carbocycles. The third-order valence-corrected chi connectivity index (χ3v) is 4.08. The van der Waals surface area contributed by atoms with Crippen LogP contribution in [0.15, 0.2) is 30.6 Å². The normalized spacial score (nSPS) is 14.0. The molecule has 2 heterocycles. The predicted octanol–water partition coefficient (Wildman–Crippen LogP) is 2.08. The van der Waals surface area contributed by atoms with Crippen LogP contribution in [0.3, 0.4) is 0 Å². The molecule has 146 valence electrons. The Balaban J connectivity index is 0.000000321. The maximum atomic E-state index is 10.6. The quantitative estimate of drug-likeness (QED) is 0.697. The van der Waals surface area contributed by atoms with Crippen LogP contribution < -0.4 is 16.0 Å². The summed E-state index contributed by atoms with van der Waals surface area (Å²) in [6.45, 7) is 4.06. The number of likely N-dealkylation sites (N-methyl/N-ethyl adjacent to an activating group) is 1. The summed E-state index contributed by atoms with van der Waals surface area (Å²) in [5.74, 6) is -1.85. The van der Waals surface area contributed by atoms with Crippen LogP contribution in [0.4, 0.5) is 24.7 Å². The van der Waals surface area contributed by atoms with Crippen molar-refractivity contribution >= 4 is 17.5 Å². The number of rotatable bonds is 3. The van der Waals surface area contributed by atoms with E-state index in [2.05, 4.69) is 27.2 Å². The van der Waals surface area contributed by atoms with Crippen LogP contribution in [-0.4, -0.2) is 53.4 Å². The first-order valence-corrected chi connectivity index (χ1v) is 8.01. The molecule has 0 aliphatic carbocycles. The fourth-order valence-electron chi connectivity index (χ4n) is 2.35. The van der Waals surface area contributed by atoms with E-state index >= 15 is 0 Å². The smallest absolute Gasteiger partial charge is 0.475 e. The fourth-order valence-corrected chi connectivity index (χ4v) is 2.35. The van der Waals surface area contributed by atoms with Gasteiger partial charge in [-0.2, -0.15) is 13.2 Å². The highest BCUT2D eigenvalue weighted by Gasteiger charge is 2.38. The number of aryl methyl sites for hydroxylation is 1. The number of nitrogens with two attached hydrogens (primary N) is 1. The summed E-state index contributed by atoms with van der Waals surface area (Å²) in [7, 11) is 2.06. The zero-order valence-electron chi connectivity index (χ0n) is 14.8. The number of nitrogens with one attached hydrogen (secondary N) is 1. The molecule has 1 aliphatic rings. The van der Waals surface area contributed by atoms with Crippen molar-refractivity contribution in [3.8, 4) is 11.3 Å². The topological polar surface area (TPSA) is 104 Å². The number of carboxylic acid groups (broad SMARTS) is 1. The van der Waals surface area contributed by atoms with Crippen LogP contribution in [-0.2, 0) is 4.79 Å². The average molecular weight is 383 g/mol. The molecule has 0 atom stereocenters. The first-order valence-electron chi connectivity index (χ1n) is 8.01. The molecule has 0 unspecified atom stereocenters. The molecule has 1 saturated heterocycles. The van der Waals surface area contributed by atoms with Gasteiger partial charge in [0.15, 0.2) is 0 Å². The first kappa shape index (κ1) is 20.4. The Kier molecular flexibility index (Phi) is 6.21. The Bertz CT molecular complexity index is 792. The van der Waals surface area contributed by atoms with Crippen LogP contribution in [0, 0.1) is 6.92 Å². The van der Waals surface area contributed by atoms with Crippen LogP contribution in [0.5, 0.6) is 0 Å². The third kappa shape index (κ3) is 5.30. The molecule has 3 rings (SSSR count). The number of nitrogens with zero attached hydrogens (tertiary/aromatic N) is 3. The highest BCUT2D eigenvalue weighted by atomic mass is 19.4. The van der Waals surface area contributed by atoms with E-state index < -0.39 is 12.1 Å². The minimum Gasteiger partial charge on any atom is -0.475 e. The maximum Gasteiger partial charge on any atom is 0.490 e. The van der Waals surface area contributed by atoms with E-state index in [9.17, 15) is 13.2 Å². The van der Waals surface area contributed by atoms with Crippen LogP contribution in [0.25, 0.3) is 11.3 Å². The number of carboxylic acids is 1. The zero-order chi connectivity index (χ0) is 20.2. The van der Waals surface area contributed by atoms with Crippen molar-refractivity contribution in [1.29, 1.82) is 0 Å². The fraction of sp³-hybridized carbons (Fsp3) is 0.353. The Morgan fingerprint density at radius 1 is 1.30 bits per heavy atom. The van der Waals surface area contributed by atoms with E-state index in [0.717, 1.165) is 41.4 Å². The monoisotopic (exact) mass is 383 g/mol. The summed E-state index contributed by atoms with van der Waals surface area (Å²) in [4.78, 5) is 20.1. The molecule has 1 aromatic heterocycles. The van der Waals surface area contributed by atoms with E-state index in [1.807, 2.05) is 37.5 Å². The number of hydrogen-bond acceptors (Lipinski definition) is 6. The molecule has 27 heavy (non-hydrogen) atoms. The number of alkyl halides is 3. The summed E-state index contributed by atoms with van der Waals surface area (Å²) in [6, 6.07) is 6.36. The first-order chi connectivity index (χ1) is 12.6. The Labute approximate surface area is 154 Å². The minimum atomic E-state index is -5.08. The van der Waals surface area contributed by atoms with E-state index in [4.69, 9.17) is 15.6 Å². The number of halogens is 3. The lowest BCUT2D eigenvalue weighted by Gasteiger charge is -2.36. The van der Waals surface area contributed by atoms with Gasteiger partial charge in [0.2, 0.25) is 0 Å². The maximum absolute atomic E-state index is 10.6. The molecule has 0 saturated carbocycles. The molecule has 7 nitrogen and oxygen atoms in total. The van der Waals surface area contributed by atoms with Gasteiger partial charge < -0.3 is 21.1 Å². The molecule has 0 spiro atoms. The second-order valence-corrected chi connectivity index (χ2v) is 6.06. The Morgan fingerprint density at radius 3 is 2.33 bits per heavy atom. The van der Waals surface area contributed by atoms with Crippen molar-refractivity contribution < 1.29 is 23.1 Å². The van der Waals surface area contributed by atoms with Crippen molar-refractivity contribution in [1.82, 2.24) is 15.3 Å². The number of aromatic nitrogens is 2. The number of hydrogen-bond donors (Lipinski definition) is 3. The number of benzene rings is 1. The molecule has 4 N–H and O–H groups in total. The van der Waals surface area contributed by atoms with Gasteiger partial charge in [0.25, 0.3) is 0 Å². The molecule has 10 heteroatoms. The van der Waals surface area contributed by atoms with Crippen molar-refractivity contribution in [3.63, 3.8) is 0 Å². The minimum absolute atomic E-state index is 0.522. The number of anilines is 2. The van der Waals surface area contributed by atoms with E-state index in [-0.39, 0.29) is 0 Å². The SMILES string of the molecule is Cc1cc(N)ccc1-c1cnc(N(C)C2CNC2)cn1.O=C(O)C(F)(F)F. The summed E-state index contributed by atoms with van der Waals surface area (Å²) in [5, 5.41) is 10.4. The Hall–Kier alpha value is -2.88. The summed E-state index contributed by atoms with van der Waals surface area (Å²) < 4.78 is 31.7. The van der Waals surface area contributed by atoms with E-state index in [1.165, 1.54) is 0 Å². The number of carbonyl (C=O) groups is 1. The standard InChI is InChI=1S/C15H19N5.C2HF3O2/c1-10-5-11(16)3-4-13(10)14-8-19-15(9-18-14)20(2)12-6-17-7-12;3-2(4,5)1(6)7/h3-5,8-9,12,17H,6-7,16H2,1-2H3;(H,6,7). The van der Waals surface area contributed by atoms with Crippen LogP contribution in [0.1, 0.15) is 5.56 Å². The van der Waals surface area contributed by atoms with Gasteiger partial charge in [-0.25, -0.2) is 9.78 Å². The third-order valence-electron chi connectivity index (χ3n) is 4.08. The number of aliphatic carboxylic acids is 1. The van der Waals surface area contributed by atoms with Gasteiger partial charge in [-0.1, -0.05) is 6.07 Å². The van der Waals surface area contributed by atoms with Gasteiger partial charge in [-0.05, 0) is 24.6 Å². The van der Waals surface area contributed by atoms with E-state index in [0.29, 0.717) is 6.04 Å². The lowest BCUT2D eigenvalue weighted by molar-refractivity contribution is -0.192. The second kappa shape index (κ2) is 8.21. The van der Waals surface area contributed by atoms with Crippen molar-refractivity contribution in [2.75, 3.05) is 30.8 Å². The van der Waals surface area contributed by atoms with Gasteiger partial charge in [0.05, 0.1) is 24.1 Å². The predicted molar refractivity (Wildman–Crippen MR) is 95.4 cm³/mol. The molecule has 0 radical (unpaired) electrons. The van der Waals surface area contributed by atoms with Gasteiger partial charge >= 0.3 is 12.1 Å². The van der Waals surface area contributed by atoms with Crippen molar-refractivity contribution in [2.45, 2.75) is 19.1 Å². The average Bonchev–Trinajstić information content (AvgIpc) is 2.53. The Morgan fingerprint density at radius 2 is 1.93 bits per heavy atom. The highest BCUT2D eigenvalue weighted by molar-refractivity contribution is 5.73. The van der Waals surface area contributed by atoms with Crippen LogP contribution >= 0.6 is 0 Å². The molecule has 2 aromatic rings. The molecular formula is C17H20F3N5O2. The lowest BCUT2D eigenvalue weighted by Crippen LogP contribution is -2.56. The second-order valence-electron chi connectivity index (χ2n) is 6.06. The van der Waals surface area contributed by atoms with Gasteiger partial charge in [-0.15, -0.1) is 0 Å². The van der Waals surface area contributed by atoms with Crippen molar-refractivity contribution in [2.24, 2.45) is 0 Å². The van der Waals surface area contributed by atoms with Gasteiger partial charge in [0.1, 0.15) is 5.82 Å². The molecular weight excluding hydrogens is 363 g/mol. The van der Waals surface area contributed by atoms with E-state index in [1.54, 1.807) is 0 Å². The van der Waals surface area contributed by atoms with Gasteiger partial charge in [-0.3, -0.25) is 4.98 Å². The molecule has 1 fully saturated rings. The van der Waals surface area contributed by atoms with Crippen LogP contribution in [0.2, 0.25) is 0 Å². The highest BCUT2D eigenvalue weighted by Crippen LogP contribution is 2.24. The lowest BCUT2D eigenvalue weighted by atomic mass is 10.1. The summed E-state index contributed by atoms with van der Waals surface area (Å²) >= 11 is 0. The van der Waals surface area contributed by atoms with Crippen molar-refractivity contribution in [3.05, 3.63) is 36.2 Å². The number of nitrogen functional groups attached to an aromatic ring is 1. The molecule has 1 aliphatic heterocycles. The summed E-state index contributed by atoms with van der Waals surface area (Å²) in [6.07, 6.45) is -1.42. The largest absolute Gasteiger partial charge is 0.490 e. The summed E-state index contributed by atoms with van der Waals surface area (Å²) in [5.41, 5.74) is 9.62. The molecule has 0 amide bonds. The zero-order valence-corrected chi connectivity index (χ0v) is 14.8. The molecule has 0 bridgehead atoms. The van der Waals surface area contributed by atoms with Gasteiger partial charge in [0, 0.05) is 31.4 Å².